The molecule has 3 aliphatic rings. The second-order valence-corrected chi connectivity index (χ2v) is 16.7. The molecule has 1 unspecified atom stereocenters. The van der Waals surface area contributed by atoms with Crippen LogP contribution in [0.5, 0.6) is 5.75 Å². The summed E-state index contributed by atoms with van der Waals surface area (Å²) in [6.45, 7) is 12.3. The highest BCUT2D eigenvalue weighted by atomic mass is 35.5. The molecule has 3 atom stereocenters. The first-order chi connectivity index (χ1) is 28.9. The molecular weight excluding hydrogens is 788 g/mol. The van der Waals surface area contributed by atoms with Crippen molar-refractivity contribution >= 4 is 74.4 Å². The van der Waals surface area contributed by atoms with Crippen molar-refractivity contribution in [3.8, 4) is 5.75 Å². The molecule has 0 bridgehead atoms. The number of aryl methyl sites for hydroxylation is 1. The molecule has 7 heterocycles. The standard InChI is InChI=1S/C42H51ClN12O5/c1-24(2)55-39-27(17-34(41(55)59)60-23-36(57)44-4)16-28(19-45-39)47-38-32(43)20-46-42(49-38)54-11-10-26(25(3)21-54)22-52-12-14-53(15-13-52)29-6-7-30-33(18-29)51(5)50-37(30)31-8-9-35(56)48-40(31)58/h6-7,16-20,24-26,31H,8-15,21-23H2,1-5H3,(H,44,57)(H,46,47,49)(H,48,56,58)/t25-,26-,31?/m0/s1. The second kappa shape index (κ2) is 17.0. The average molecular weight is 839 g/mol. The smallest absolute Gasteiger partial charge is 0.294 e. The van der Waals surface area contributed by atoms with Gasteiger partial charge in [0.1, 0.15) is 10.7 Å². The van der Waals surface area contributed by atoms with E-state index in [2.05, 4.69) is 65.7 Å². The molecule has 3 aliphatic heterocycles. The van der Waals surface area contributed by atoms with Gasteiger partial charge in [-0.15, -0.1) is 0 Å². The summed E-state index contributed by atoms with van der Waals surface area (Å²) in [6.07, 6.45) is 5.06. The topological polar surface area (TPSA) is 185 Å². The SMILES string of the molecule is CNC(=O)COc1cc2cc(Nc3nc(N4CC[C@@H](CN5CCN(c6ccc7c(C8CCC(=O)NC8=O)nn(C)c7c6)CC5)[C@@H](C)C4)ncc3Cl)cnc2n(C(C)C)c1=O. The van der Waals surface area contributed by atoms with Gasteiger partial charge in [0.2, 0.25) is 17.8 Å². The van der Waals surface area contributed by atoms with Crippen molar-refractivity contribution in [1.29, 1.82) is 0 Å². The van der Waals surface area contributed by atoms with E-state index in [0.29, 0.717) is 58.2 Å². The number of halogens is 1. The number of ether oxygens (including phenoxy) is 1. The lowest BCUT2D eigenvalue weighted by molar-refractivity contribution is -0.134. The summed E-state index contributed by atoms with van der Waals surface area (Å²) in [4.78, 5) is 70.6. The zero-order chi connectivity index (χ0) is 42.2. The van der Waals surface area contributed by atoms with Crippen LogP contribution in [0.3, 0.4) is 0 Å². The van der Waals surface area contributed by atoms with Gasteiger partial charge >= 0.3 is 0 Å². The molecule has 17 nitrogen and oxygen atoms in total. The third-order valence-corrected chi connectivity index (χ3v) is 12.3. The van der Waals surface area contributed by atoms with E-state index in [1.54, 1.807) is 23.0 Å². The van der Waals surface area contributed by atoms with Crippen LogP contribution in [0.1, 0.15) is 57.7 Å². The summed E-state index contributed by atoms with van der Waals surface area (Å²) in [5.74, 6) is 0.800. The van der Waals surface area contributed by atoms with Crippen molar-refractivity contribution in [2.75, 3.05) is 74.6 Å². The zero-order valence-corrected chi connectivity index (χ0v) is 35.3. The molecule has 3 amide bonds. The van der Waals surface area contributed by atoms with Gasteiger partial charge in [-0.2, -0.15) is 10.1 Å². The highest BCUT2D eigenvalue weighted by Crippen LogP contribution is 2.34. The number of piperidine rings is 2. The highest BCUT2D eigenvalue weighted by Gasteiger charge is 2.33. The number of aromatic nitrogens is 6. The number of anilines is 4. The molecule has 60 heavy (non-hydrogen) atoms. The van der Waals surface area contributed by atoms with E-state index >= 15 is 0 Å². The van der Waals surface area contributed by atoms with Gasteiger partial charge in [-0.25, -0.2) is 9.97 Å². The minimum atomic E-state index is -0.419. The van der Waals surface area contributed by atoms with Gasteiger partial charge in [0.25, 0.3) is 11.5 Å². The van der Waals surface area contributed by atoms with Gasteiger partial charge in [0.15, 0.2) is 18.2 Å². The number of nitrogens with zero attached hydrogens (tertiary/aromatic N) is 9. The summed E-state index contributed by atoms with van der Waals surface area (Å²) < 4.78 is 8.99. The van der Waals surface area contributed by atoms with Gasteiger partial charge in [-0.05, 0) is 68.9 Å². The Balaban J connectivity index is 0.879. The van der Waals surface area contributed by atoms with Gasteiger partial charge in [0.05, 0.1) is 35.2 Å². The number of carbonyl (C=O) groups excluding carboxylic acids is 3. The fourth-order valence-electron chi connectivity index (χ4n) is 8.65. The van der Waals surface area contributed by atoms with Crippen LogP contribution in [0.2, 0.25) is 5.02 Å². The number of hydrogen-bond donors (Lipinski definition) is 3. The average Bonchev–Trinajstić information content (AvgIpc) is 3.56. The monoisotopic (exact) mass is 838 g/mol. The first-order valence-electron chi connectivity index (χ1n) is 20.6. The molecular formula is C42H51ClN12O5. The third-order valence-electron chi connectivity index (χ3n) is 12.0. The maximum Gasteiger partial charge on any atom is 0.294 e. The molecule has 3 saturated heterocycles. The van der Waals surface area contributed by atoms with Gasteiger partial charge in [0, 0.05) is 88.8 Å². The number of benzene rings is 1. The molecule has 4 aromatic heterocycles. The van der Waals surface area contributed by atoms with Gasteiger partial charge < -0.3 is 25.2 Å². The lowest BCUT2D eigenvalue weighted by Gasteiger charge is -2.42. The molecule has 0 aliphatic carbocycles. The van der Waals surface area contributed by atoms with Crippen LogP contribution in [0, 0.1) is 11.8 Å². The van der Waals surface area contributed by atoms with Crippen molar-refractivity contribution in [2.24, 2.45) is 18.9 Å². The van der Waals surface area contributed by atoms with Gasteiger partial charge in [-0.3, -0.25) is 38.6 Å². The van der Waals surface area contributed by atoms with Crippen LogP contribution in [-0.2, 0) is 21.4 Å². The van der Waals surface area contributed by atoms with Crippen molar-refractivity contribution in [3.63, 3.8) is 0 Å². The predicted octanol–water partition coefficient (Wildman–Crippen LogP) is 3.98. The first-order valence-corrected chi connectivity index (χ1v) is 21.0. The molecule has 18 heteroatoms. The Labute approximate surface area is 352 Å². The number of rotatable bonds is 11. The number of piperazine rings is 1. The molecule has 0 saturated carbocycles. The quantitative estimate of drug-likeness (QED) is 0.163. The maximum atomic E-state index is 13.2. The Morgan fingerprint density at radius 2 is 1.82 bits per heavy atom. The van der Waals surface area contributed by atoms with Crippen LogP contribution in [-0.4, -0.2) is 111 Å². The number of nitrogens with one attached hydrogen (secondary N) is 3. The van der Waals surface area contributed by atoms with E-state index < -0.39 is 5.92 Å². The van der Waals surface area contributed by atoms with Crippen molar-refractivity contribution < 1.29 is 19.1 Å². The molecule has 1 aromatic carbocycles. The Morgan fingerprint density at radius 1 is 1.02 bits per heavy atom. The summed E-state index contributed by atoms with van der Waals surface area (Å²) in [6, 6.07) is 9.61. The molecule has 0 spiro atoms. The molecule has 3 N–H and O–H groups in total. The Kier molecular flexibility index (Phi) is 11.6. The van der Waals surface area contributed by atoms with Crippen LogP contribution in [0.25, 0.3) is 21.9 Å². The van der Waals surface area contributed by atoms with Crippen LogP contribution in [0.4, 0.5) is 23.1 Å². The zero-order valence-electron chi connectivity index (χ0n) is 34.6. The van der Waals surface area contributed by atoms with E-state index in [0.717, 1.165) is 74.5 Å². The van der Waals surface area contributed by atoms with E-state index in [4.69, 9.17) is 26.4 Å². The fourth-order valence-corrected chi connectivity index (χ4v) is 8.79. The number of imide groups is 1. The summed E-state index contributed by atoms with van der Waals surface area (Å²) >= 11 is 6.62. The Morgan fingerprint density at radius 3 is 2.55 bits per heavy atom. The molecule has 8 rings (SSSR count). The second-order valence-electron chi connectivity index (χ2n) is 16.3. The number of carbonyl (C=O) groups is 3. The van der Waals surface area contributed by atoms with Crippen LogP contribution < -0.4 is 36.0 Å². The third kappa shape index (κ3) is 8.32. The van der Waals surface area contributed by atoms with Crippen molar-refractivity contribution in [2.45, 2.75) is 52.0 Å². The molecule has 3 fully saturated rings. The molecule has 5 aromatic rings. The number of amides is 3. The lowest BCUT2D eigenvalue weighted by Crippen LogP contribution is -2.50. The summed E-state index contributed by atoms with van der Waals surface area (Å²) in [5.41, 5.74) is 3.60. The number of pyridine rings is 2. The maximum absolute atomic E-state index is 13.2. The normalized spacial score (nSPS) is 20.2. The molecule has 316 valence electrons. The summed E-state index contributed by atoms with van der Waals surface area (Å²) in [7, 11) is 3.42. The van der Waals surface area contributed by atoms with Crippen molar-refractivity contribution in [1.82, 2.24) is 44.8 Å². The van der Waals surface area contributed by atoms with E-state index in [1.807, 2.05) is 31.6 Å². The Bertz CT molecular complexity index is 2510. The summed E-state index contributed by atoms with van der Waals surface area (Å²) in [5, 5.41) is 14.9. The minimum Gasteiger partial charge on any atom is -0.478 e. The largest absolute Gasteiger partial charge is 0.478 e. The predicted molar refractivity (Wildman–Crippen MR) is 230 cm³/mol. The number of fused-ring (bicyclic) bond motifs is 2. The number of hydrogen-bond acceptors (Lipinski definition) is 13. The van der Waals surface area contributed by atoms with Crippen LogP contribution >= 0.6 is 11.6 Å². The Hall–Kier alpha value is -5.81. The van der Waals surface area contributed by atoms with Gasteiger partial charge in [-0.1, -0.05) is 18.5 Å². The first kappa shape index (κ1) is 40.9. The van der Waals surface area contributed by atoms with E-state index in [9.17, 15) is 19.2 Å². The minimum absolute atomic E-state index is 0.0597. The fraction of sp³-hybridized carbons (Fsp3) is 0.476. The van der Waals surface area contributed by atoms with Crippen molar-refractivity contribution in [3.05, 3.63) is 63.8 Å². The molecule has 0 radical (unpaired) electrons. The lowest BCUT2D eigenvalue weighted by atomic mass is 9.86. The highest BCUT2D eigenvalue weighted by molar-refractivity contribution is 6.33. The van der Waals surface area contributed by atoms with E-state index in [-0.39, 0.29) is 41.7 Å². The van der Waals surface area contributed by atoms with E-state index in [1.165, 1.54) is 7.05 Å². The van der Waals surface area contributed by atoms with Crippen LogP contribution in [0.15, 0.2) is 47.5 Å². The number of likely N-dealkylation sites (N-methyl/N-ethyl adjacent to an activating group) is 1.